The number of rotatable bonds is 8. The molecule has 0 bridgehead atoms. The molecule has 0 atom stereocenters. The molecule has 0 fully saturated rings. The molecule has 2 N–H and O–H groups in total. The van der Waals surface area contributed by atoms with Gasteiger partial charge >= 0.3 is 0 Å². The van der Waals surface area contributed by atoms with Gasteiger partial charge in [-0.25, -0.2) is 13.4 Å². The number of H-pyrrole nitrogens is 1. The number of nitrogens with one attached hydrogen (secondary N) is 2. The Labute approximate surface area is 165 Å². The van der Waals surface area contributed by atoms with Crippen LogP contribution in [0.25, 0.3) is 0 Å². The number of benzene rings is 1. The molecular formula is C14H17Cl2N5O3S2. The van der Waals surface area contributed by atoms with Crippen LogP contribution in [0.4, 0.5) is 0 Å². The second-order valence-corrected chi connectivity index (χ2v) is 9.16. The monoisotopic (exact) mass is 437 g/mol. The van der Waals surface area contributed by atoms with Crippen LogP contribution in [0, 0.1) is 6.92 Å². The smallest absolute Gasteiger partial charge is 0.244 e. The number of hydrogen-bond acceptors (Lipinski definition) is 6. The van der Waals surface area contributed by atoms with Gasteiger partial charge in [0.15, 0.2) is 0 Å². The highest BCUT2D eigenvalue weighted by molar-refractivity contribution is 7.99. The van der Waals surface area contributed by atoms with Crippen LogP contribution >= 0.6 is 35.0 Å². The highest BCUT2D eigenvalue weighted by Gasteiger charge is 2.25. The molecule has 26 heavy (non-hydrogen) atoms. The van der Waals surface area contributed by atoms with E-state index in [0.717, 1.165) is 4.31 Å². The minimum absolute atomic E-state index is 0.0415. The minimum atomic E-state index is -3.93. The van der Waals surface area contributed by atoms with Gasteiger partial charge < -0.3 is 5.32 Å². The van der Waals surface area contributed by atoms with E-state index in [1.54, 1.807) is 6.92 Å². The maximum absolute atomic E-state index is 12.5. The second-order valence-electron chi connectivity index (χ2n) is 5.24. The SMILES string of the molecule is Cc1nc(SCCNC(=O)CN(C)S(=O)(=O)c2cc(Cl)ccc2Cl)n[nH]1. The highest BCUT2D eigenvalue weighted by atomic mass is 35.5. The molecule has 0 aliphatic carbocycles. The van der Waals surface area contributed by atoms with Crippen molar-refractivity contribution in [2.75, 3.05) is 25.9 Å². The summed E-state index contributed by atoms with van der Waals surface area (Å²) in [5.41, 5.74) is 0. The molecule has 0 unspecified atom stereocenters. The fourth-order valence-electron chi connectivity index (χ4n) is 1.91. The van der Waals surface area contributed by atoms with Crippen molar-refractivity contribution in [3.05, 3.63) is 34.1 Å². The molecule has 142 valence electrons. The van der Waals surface area contributed by atoms with Crippen LogP contribution < -0.4 is 5.32 Å². The number of thioether (sulfide) groups is 1. The van der Waals surface area contributed by atoms with E-state index in [-0.39, 0.29) is 21.5 Å². The third-order valence-electron chi connectivity index (χ3n) is 3.18. The van der Waals surface area contributed by atoms with Gasteiger partial charge in [0.05, 0.1) is 11.6 Å². The minimum Gasteiger partial charge on any atom is -0.354 e. The third-order valence-corrected chi connectivity index (χ3v) is 6.55. The number of amides is 1. The maximum Gasteiger partial charge on any atom is 0.244 e. The van der Waals surface area contributed by atoms with Crippen LogP contribution in [0.5, 0.6) is 0 Å². The van der Waals surface area contributed by atoms with E-state index in [2.05, 4.69) is 20.5 Å². The second kappa shape index (κ2) is 9.05. The first-order chi connectivity index (χ1) is 12.2. The number of halogens is 2. The zero-order valence-electron chi connectivity index (χ0n) is 14.0. The lowest BCUT2D eigenvalue weighted by atomic mass is 10.4. The van der Waals surface area contributed by atoms with E-state index in [9.17, 15) is 13.2 Å². The summed E-state index contributed by atoms with van der Waals surface area (Å²) in [6.45, 7) is 1.81. The topological polar surface area (TPSA) is 108 Å². The number of sulfonamides is 1. The number of carbonyl (C=O) groups is 1. The number of likely N-dealkylation sites (N-methyl/N-ethyl adjacent to an activating group) is 1. The number of aryl methyl sites for hydroxylation is 1. The lowest BCUT2D eigenvalue weighted by Gasteiger charge is -2.17. The van der Waals surface area contributed by atoms with Crippen LogP contribution in [-0.4, -0.2) is 59.7 Å². The number of hydrogen-bond donors (Lipinski definition) is 2. The number of aromatic amines is 1. The van der Waals surface area contributed by atoms with E-state index in [1.165, 1.54) is 37.0 Å². The highest BCUT2D eigenvalue weighted by Crippen LogP contribution is 2.27. The normalized spacial score (nSPS) is 11.7. The Kier molecular flexibility index (Phi) is 7.30. The largest absolute Gasteiger partial charge is 0.354 e. The van der Waals surface area contributed by atoms with Gasteiger partial charge in [0.1, 0.15) is 10.7 Å². The van der Waals surface area contributed by atoms with E-state index >= 15 is 0 Å². The number of nitrogens with zero attached hydrogens (tertiary/aromatic N) is 3. The summed E-state index contributed by atoms with van der Waals surface area (Å²) in [6, 6.07) is 4.14. The van der Waals surface area contributed by atoms with Gasteiger partial charge in [0, 0.05) is 24.4 Å². The average molecular weight is 438 g/mol. The summed E-state index contributed by atoms with van der Waals surface area (Å²) in [7, 11) is -2.63. The Bertz CT molecular complexity index is 888. The molecule has 1 amide bonds. The molecule has 8 nitrogen and oxygen atoms in total. The van der Waals surface area contributed by atoms with Gasteiger partial charge in [0.25, 0.3) is 0 Å². The lowest BCUT2D eigenvalue weighted by molar-refractivity contribution is -0.121. The van der Waals surface area contributed by atoms with Crippen LogP contribution in [-0.2, 0) is 14.8 Å². The fourth-order valence-corrected chi connectivity index (χ4v) is 4.46. The van der Waals surface area contributed by atoms with E-state index < -0.39 is 15.9 Å². The van der Waals surface area contributed by atoms with Crippen molar-refractivity contribution in [3.63, 3.8) is 0 Å². The van der Waals surface area contributed by atoms with Gasteiger partial charge in [-0.15, -0.1) is 5.10 Å². The Morgan fingerprint density at radius 2 is 2.12 bits per heavy atom. The Hall–Kier alpha value is -1.33. The van der Waals surface area contributed by atoms with Gasteiger partial charge in [-0.1, -0.05) is 35.0 Å². The van der Waals surface area contributed by atoms with Gasteiger partial charge in [-0.2, -0.15) is 4.31 Å². The van der Waals surface area contributed by atoms with Gasteiger partial charge in [-0.3, -0.25) is 9.89 Å². The van der Waals surface area contributed by atoms with Crippen LogP contribution in [0.1, 0.15) is 5.82 Å². The molecule has 1 heterocycles. The van der Waals surface area contributed by atoms with Crippen molar-refractivity contribution >= 4 is 50.9 Å². The lowest BCUT2D eigenvalue weighted by Crippen LogP contribution is -2.39. The summed E-state index contributed by atoms with van der Waals surface area (Å²) in [5, 5.41) is 10.2. The van der Waals surface area contributed by atoms with Crippen molar-refractivity contribution in [1.82, 2.24) is 24.8 Å². The average Bonchev–Trinajstić information content (AvgIpc) is 2.99. The van der Waals surface area contributed by atoms with E-state index in [0.29, 0.717) is 23.3 Å². The van der Waals surface area contributed by atoms with Crippen molar-refractivity contribution in [1.29, 1.82) is 0 Å². The Morgan fingerprint density at radius 3 is 2.77 bits per heavy atom. The third kappa shape index (κ3) is 5.58. The van der Waals surface area contributed by atoms with Crippen LogP contribution in [0.15, 0.2) is 28.3 Å². The predicted octanol–water partition coefficient (Wildman–Crippen LogP) is 1.95. The van der Waals surface area contributed by atoms with Crippen LogP contribution in [0.2, 0.25) is 10.0 Å². The molecule has 0 aliphatic heterocycles. The zero-order valence-corrected chi connectivity index (χ0v) is 17.1. The molecule has 1 aromatic carbocycles. The molecule has 2 aromatic rings. The summed E-state index contributed by atoms with van der Waals surface area (Å²) in [4.78, 5) is 16.0. The predicted molar refractivity (Wildman–Crippen MR) is 101 cm³/mol. The molecule has 0 spiro atoms. The Balaban J connectivity index is 1.86. The molecule has 1 aromatic heterocycles. The first-order valence-electron chi connectivity index (χ1n) is 7.40. The first-order valence-corrected chi connectivity index (χ1v) is 10.6. The molecular weight excluding hydrogens is 421 g/mol. The summed E-state index contributed by atoms with van der Waals surface area (Å²) in [6.07, 6.45) is 0. The van der Waals surface area contributed by atoms with Crippen LogP contribution in [0.3, 0.4) is 0 Å². The van der Waals surface area contributed by atoms with Gasteiger partial charge in [0.2, 0.25) is 21.1 Å². The zero-order chi connectivity index (χ0) is 19.3. The summed E-state index contributed by atoms with van der Waals surface area (Å²) in [5.74, 6) is 0.837. The molecule has 12 heteroatoms. The standard InChI is InChI=1S/C14H17Cl2N5O3S2/c1-9-18-14(20-19-9)25-6-5-17-13(22)8-21(2)26(23,24)12-7-10(15)3-4-11(12)16/h3-4,7H,5-6,8H2,1-2H3,(H,17,22)(H,18,19,20). The fraction of sp³-hybridized carbons (Fsp3) is 0.357. The maximum atomic E-state index is 12.5. The van der Waals surface area contributed by atoms with Crippen molar-refractivity contribution in [2.45, 2.75) is 17.0 Å². The molecule has 0 saturated heterocycles. The number of carbonyl (C=O) groups excluding carboxylic acids is 1. The molecule has 2 rings (SSSR count). The van der Waals surface area contributed by atoms with Crippen molar-refractivity contribution in [2.24, 2.45) is 0 Å². The summed E-state index contributed by atoms with van der Waals surface area (Å²) >= 11 is 13.2. The molecule has 0 aliphatic rings. The van der Waals surface area contributed by atoms with Gasteiger partial charge in [-0.05, 0) is 25.1 Å². The quantitative estimate of drug-likeness (QED) is 0.482. The van der Waals surface area contributed by atoms with Crippen molar-refractivity contribution < 1.29 is 13.2 Å². The molecule has 0 radical (unpaired) electrons. The van der Waals surface area contributed by atoms with Crippen molar-refractivity contribution in [3.8, 4) is 0 Å². The summed E-state index contributed by atoms with van der Waals surface area (Å²) < 4.78 is 26.0. The molecule has 0 saturated carbocycles. The Morgan fingerprint density at radius 1 is 1.38 bits per heavy atom. The van der Waals surface area contributed by atoms with E-state index in [4.69, 9.17) is 23.2 Å². The first kappa shape index (κ1) is 21.0. The number of aromatic nitrogens is 3. The van der Waals surface area contributed by atoms with E-state index in [1.807, 2.05) is 0 Å².